The molecule has 0 aliphatic heterocycles. The highest BCUT2D eigenvalue weighted by Gasteiger charge is 2.09. The Balaban J connectivity index is 1.53. The summed E-state index contributed by atoms with van der Waals surface area (Å²) in [6, 6.07) is 20.2. The van der Waals surface area contributed by atoms with E-state index in [4.69, 9.17) is 4.74 Å². The third-order valence-electron chi connectivity index (χ3n) is 4.99. The Morgan fingerprint density at radius 3 is 2.23 bits per heavy atom. The van der Waals surface area contributed by atoms with Crippen LogP contribution in [0.1, 0.15) is 34.0 Å². The second kappa shape index (κ2) is 9.74. The summed E-state index contributed by atoms with van der Waals surface area (Å²) in [5.41, 5.74) is 5.43. The number of benzene rings is 3. The van der Waals surface area contributed by atoms with Crippen LogP contribution in [0.15, 0.2) is 66.7 Å². The molecule has 0 aliphatic carbocycles. The number of hydrogen-bond acceptors (Lipinski definition) is 3. The molecule has 2 amide bonds. The highest BCUT2D eigenvalue weighted by atomic mass is 16.5. The lowest BCUT2D eigenvalue weighted by molar-refractivity contribution is -0.118. The van der Waals surface area contributed by atoms with Gasteiger partial charge in [-0.15, -0.1) is 0 Å². The molecule has 30 heavy (non-hydrogen) atoms. The Kier molecular flexibility index (Phi) is 6.86. The van der Waals surface area contributed by atoms with Gasteiger partial charge in [-0.2, -0.15) is 0 Å². The number of rotatable bonds is 7. The Hall–Kier alpha value is -3.60. The number of carbonyl (C=O) groups is 2. The molecule has 0 aromatic heterocycles. The van der Waals surface area contributed by atoms with Gasteiger partial charge in [0.25, 0.3) is 11.8 Å². The third kappa shape index (κ3) is 5.47. The van der Waals surface area contributed by atoms with E-state index in [9.17, 15) is 9.59 Å². The van der Waals surface area contributed by atoms with Crippen molar-refractivity contribution in [3.05, 3.63) is 89.0 Å². The average molecular weight is 402 g/mol. The van der Waals surface area contributed by atoms with E-state index < -0.39 is 0 Å². The minimum absolute atomic E-state index is 0.108. The van der Waals surface area contributed by atoms with Crippen LogP contribution in [0.4, 0.5) is 11.4 Å². The fraction of sp³-hybridized carbons (Fsp3) is 0.200. The lowest BCUT2D eigenvalue weighted by atomic mass is 10.1. The Bertz CT molecular complexity index is 1030. The molecule has 0 fully saturated rings. The topological polar surface area (TPSA) is 67.4 Å². The number of carbonyl (C=O) groups excluding carboxylic acids is 2. The molecule has 3 rings (SSSR count). The van der Waals surface area contributed by atoms with E-state index in [2.05, 4.69) is 17.6 Å². The minimum Gasteiger partial charge on any atom is -0.484 e. The van der Waals surface area contributed by atoms with Gasteiger partial charge < -0.3 is 15.4 Å². The van der Waals surface area contributed by atoms with Crippen molar-refractivity contribution in [1.29, 1.82) is 0 Å². The van der Waals surface area contributed by atoms with Gasteiger partial charge in [0.15, 0.2) is 6.61 Å². The van der Waals surface area contributed by atoms with Crippen LogP contribution in [0.25, 0.3) is 0 Å². The smallest absolute Gasteiger partial charge is 0.262 e. The number of amides is 2. The first-order chi connectivity index (χ1) is 14.5. The zero-order valence-electron chi connectivity index (χ0n) is 17.5. The molecule has 5 heteroatoms. The normalized spacial score (nSPS) is 10.4. The number of nitrogens with one attached hydrogen (secondary N) is 2. The zero-order valence-corrected chi connectivity index (χ0v) is 17.5. The van der Waals surface area contributed by atoms with Crippen LogP contribution >= 0.6 is 0 Å². The highest BCUT2D eigenvalue weighted by molar-refractivity contribution is 6.04. The predicted molar refractivity (Wildman–Crippen MR) is 120 cm³/mol. The van der Waals surface area contributed by atoms with Crippen molar-refractivity contribution < 1.29 is 14.3 Å². The quantitative estimate of drug-likeness (QED) is 0.575. The second-order valence-electron chi connectivity index (χ2n) is 7.11. The zero-order chi connectivity index (χ0) is 21.5. The highest BCUT2D eigenvalue weighted by Crippen LogP contribution is 2.20. The standard InChI is InChI=1S/C25H26N2O3/c1-4-19-8-12-21(13-9-19)26-24(28)16-30-22-14-10-20(11-15-22)25(29)27-23-7-5-6-17(2)18(23)3/h5-15H,4,16H2,1-3H3,(H,26,28)(H,27,29). The maximum Gasteiger partial charge on any atom is 0.262 e. The van der Waals surface area contributed by atoms with Crippen molar-refractivity contribution >= 4 is 23.2 Å². The molecule has 154 valence electrons. The molecule has 3 aromatic rings. The summed E-state index contributed by atoms with van der Waals surface area (Å²) >= 11 is 0. The van der Waals surface area contributed by atoms with Crippen molar-refractivity contribution in [2.24, 2.45) is 0 Å². The molecule has 0 spiro atoms. The molecular weight excluding hydrogens is 376 g/mol. The molecule has 3 aromatic carbocycles. The fourth-order valence-electron chi connectivity index (χ4n) is 2.95. The van der Waals surface area contributed by atoms with Gasteiger partial charge in [-0.25, -0.2) is 0 Å². The van der Waals surface area contributed by atoms with Gasteiger partial charge in [0.2, 0.25) is 0 Å². The predicted octanol–water partition coefficient (Wildman–Crippen LogP) is 5.14. The molecule has 0 radical (unpaired) electrons. The van der Waals surface area contributed by atoms with E-state index in [0.717, 1.165) is 28.9 Å². The molecule has 0 saturated carbocycles. The Morgan fingerprint density at radius 1 is 0.867 bits per heavy atom. The van der Waals surface area contributed by atoms with Gasteiger partial charge in [-0.3, -0.25) is 9.59 Å². The van der Waals surface area contributed by atoms with Crippen LogP contribution in [0, 0.1) is 13.8 Å². The Morgan fingerprint density at radius 2 is 1.57 bits per heavy atom. The number of aryl methyl sites for hydroxylation is 2. The fourth-order valence-corrected chi connectivity index (χ4v) is 2.95. The van der Waals surface area contributed by atoms with Crippen molar-refractivity contribution in [3.63, 3.8) is 0 Å². The first-order valence-electron chi connectivity index (χ1n) is 9.95. The van der Waals surface area contributed by atoms with Gasteiger partial charge in [-0.1, -0.05) is 31.2 Å². The van der Waals surface area contributed by atoms with E-state index in [-0.39, 0.29) is 18.4 Å². The minimum atomic E-state index is -0.240. The van der Waals surface area contributed by atoms with E-state index in [1.807, 2.05) is 56.3 Å². The van der Waals surface area contributed by atoms with Crippen molar-refractivity contribution in [1.82, 2.24) is 0 Å². The summed E-state index contributed by atoms with van der Waals surface area (Å²) in [7, 11) is 0. The van der Waals surface area contributed by atoms with Gasteiger partial charge >= 0.3 is 0 Å². The van der Waals surface area contributed by atoms with Gasteiger partial charge in [-0.05, 0) is 79.4 Å². The largest absolute Gasteiger partial charge is 0.484 e. The first kappa shape index (κ1) is 21.1. The van der Waals surface area contributed by atoms with Crippen LogP contribution in [0.3, 0.4) is 0 Å². The monoisotopic (exact) mass is 402 g/mol. The summed E-state index contributed by atoms with van der Waals surface area (Å²) in [6.07, 6.45) is 0.954. The maximum absolute atomic E-state index is 12.5. The van der Waals surface area contributed by atoms with Crippen LogP contribution in [-0.4, -0.2) is 18.4 Å². The van der Waals surface area contributed by atoms with Crippen LogP contribution in [0.5, 0.6) is 5.75 Å². The summed E-state index contributed by atoms with van der Waals surface area (Å²) < 4.78 is 5.53. The number of ether oxygens (including phenoxy) is 1. The molecular formula is C25H26N2O3. The summed E-state index contributed by atoms with van der Waals surface area (Å²) in [5.74, 6) is 0.0919. The van der Waals surface area contributed by atoms with Crippen molar-refractivity contribution in [3.8, 4) is 5.75 Å². The van der Waals surface area contributed by atoms with E-state index >= 15 is 0 Å². The summed E-state index contributed by atoms with van der Waals surface area (Å²) in [6.45, 7) is 5.96. The second-order valence-corrected chi connectivity index (χ2v) is 7.11. The van der Waals surface area contributed by atoms with Gasteiger partial charge in [0.05, 0.1) is 0 Å². The molecule has 5 nitrogen and oxygen atoms in total. The van der Waals surface area contributed by atoms with Crippen LogP contribution in [0.2, 0.25) is 0 Å². The average Bonchev–Trinajstić information content (AvgIpc) is 2.76. The number of anilines is 2. The molecule has 0 saturated heterocycles. The molecule has 0 aliphatic rings. The van der Waals surface area contributed by atoms with E-state index in [1.54, 1.807) is 24.3 Å². The molecule has 0 unspecified atom stereocenters. The molecule has 2 N–H and O–H groups in total. The van der Waals surface area contributed by atoms with E-state index in [0.29, 0.717) is 11.3 Å². The van der Waals surface area contributed by atoms with Crippen molar-refractivity contribution in [2.45, 2.75) is 27.2 Å². The first-order valence-corrected chi connectivity index (χ1v) is 9.95. The SMILES string of the molecule is CCc1ccc(NC(=O)COc2ccc(C(=O)Nc3cccc(C)c3C)cc2)cc1. The van der Waals surface area contributed by atoms with Crippen molar-refractivity contribution in [2.75, 3.05) is 17.2 Å². The van der Waals surface area contributed by atoms with Gasteiger partial charge in [0.1, 0.15) is 5.75 Å². The maximum atomic E-state index is 12.5. The number of hydrogen-bond donors (Lipinski definition) is 2. The summed E-state index contributed by atoms with van der Waals surface area (Å²) in [4.78, 5) is 24.6. The third-order valence-corrected chi connectivity index (χ3v) is 4.99. The summed E-state index contributed by atoms with van der Waals surface area (Å²) in [5, 5.41) is 5.73. The molecule has 0 atom stereocenters. The van der Waals surface area contributed by atoms with E-state index in [1.165, 1.54) is 5.56 Å². The lowest BCUT2D eigenvalue weighted by Gasteiger charge is -2.11. The molecule has 0 heterocycles. The van der Waals surface area contributed by atoms with Crippen LogP contribution < -0.4 is 15.4 Å². The Labute approximate surface area is 177 Å². The van der Waals surface area contributed by atoms with Crippen LogP contribution in [-0.2, 0) is 11.2 Å². The lowest BCUT2D eigenvalue weighted by Crippen LogP contribution is -2.20. The molecule has 0 bridgehead atoms. The van der Waals surface area contributed by atoms with Gasteiger partial charge in [0, 0.05) is 16.9 Å².